The van der Waals surface area contributed by atoms with Crippen LogP contribution in [0.25, 0.3) is 0 Å². The van der Waals surface area contributed by atoms with Gasteiger partial charge in [0.05, 0.1) is 6.10 Å². The van der Waals surface area contributed by atoms with Crippen molar-refractivity contribution in [2.75, 3.05) is 0 Å². The molecule has 0 aliphatic heterocycles. The van der Waals surface area contributed by atoms with E-state index in [-0.39, 0.29) is 28.1 Å². The predicted molar refractivity (Wildman–Crippen MR) is 100 cm³/mol. The summed E-state index contributed by atoms with van der Waals surface area (Å²) >= 11 is 4.85. The summed E-state index contributed by atoms with van der Waals surface area (Å²) in [7, 11) is 0. The van der Waals surface area contributed by atoms with Gasteiger partial charge in [-0.2, -0.15) is 12.6 Å². The van der Waals surface area contributed by atoms with E-state index in [1.54, 1.807) is 6.92 Å². The average molecular weight is 349 g/mol. The normalized spacial score (nSPS) is 53.6. The number of hydrogen-bond donors (Lipinski definition) is 2. The Labute approximate surface area is 151 Å². The van der Waals surface area contributed by atoms with Crippen molar-refractivity contribution in [1.29, 1.82) is 0 Å². The number of fused-ring (bicyclic) bond motifs is 5. The number of carbonyl (C=O) groups excluding carboxylic acids is 1. The number of thiol groups is 1. The van der Waals surface area contributed by atoms with Gasteiger partial charge in [0.1, 0.15) is 5.78 Å². The van der Waals surface area contributed by atoms with Crippen molar-refractivity contribution in [3.63, 3.8) is 0 Å². The molecule has 0 radical (unpaired) electrons. The molecule has 4 rings (SSSR count). The lowest BCUT2D eigenvalue weighted by atomic mass is 9.47. The van der Waals surface area contributed by atoms with Gasteiger partial charge in [-0.25, -0.2) is 0 Å². The van der Waals surface area contributed by atoms with Gasteiger partial charge in [0.2, 0.25) is 0 Å². The first-order chi connectivity index (χ1) is 11.3. The molecule has 0 spiro atoms. The minimum absolute atomic E-state index is 0.134. The topological polar surface area (TPSA) is 37.3 Å². The number of allylic oxidation sites excluding steroid dienone is 1. The maximum absolute atomic E-state index is 12.3. The van der Waals surface area contributed by atoms with Crippen LogP contribution >= 0.6 is 12.6 Å². The summed E-state index contributed by atoms with van der Waals surface area (Å²) in [5.41, 5.74) is 1.95. The van der Waals surface area contributed by atoms with Crippen molar-refractivity contribution in [2.24, 2.45) is 34.5 Å². The largest absolute Gasteiger partial charge is 0.393 e. The second-order valence-electron chi connectivity index (χ2n) is 9.59. The lowest BCUT2D eigenvalue weighted by Crippen LogP contribution is -2.51. The van der Waals surface area contributed by atoms with Crippen molar-refractivity contribution >= 4 is 18.4 Å². The molecule has 8 atom stereocenters. The van der Waals surface area contributed by atoms with E-state index >= 15 is 0 Å². The zero-order valence-electron chi connectivity index (χ0n) is 15.3. The van der Waals surface area contributed by atoms with Crippen LogP contribution in [0.15, 0.2) is 11.6 Å². The molecule has 2 unspecified atom stereocenters. The Bertz CT molecular complexity index is 584. The molecule has 4 aliphatic rings. The first-order valence-corrected chi connectivity index (χ1v) is 10.3. The molecular weight excluding hydrogens is 316 g/mol. The van der Waals surface area contributed by atoms with Gasteiger partial charge in [0.15, 0.2) is 0 Å². The van der Waals surface area contributed by atoms with Crippen LogP contribution in [-0.4, -0.2) is 22.2 Å². The summed E-state index contributed by atoms with van der Waals surface area (Å²) in [4.78, 5) is 12.3. The van der Waals surface area contributed by atoms with Crippen LogP contribution in [0.3, 0.4) is 0 Å². The van der Waals surface area contributed by atoms with Crippen LogP contribution in [0, 0.1) is 34.5 Å². The lowest BCUT2D eigenvalue weighted by molar-refractivity contribution is -0.127. The fraction of sp³-hybridized carbons (Fsp3) is 0.857. The molecule has 3 heteroatoms. The number of rotatable bonds is 1. The third kappa shape index (κ3) is 2.23. The van der Waals surface area contributed by atoms with E-state index < -0.39 is 0 Å². The molecule has 3 saturated carbocycles. The summed E-state index contributed by atoms with van der Waals surface area (Å²) in [5, 5.41) is 10.3. The Balaban J connectivity index is 1.68. The van der Waals surface area contributed by atoms with Crippen LogP contribution in [0.2, 0.25) is 0 Å². The molecule has 0 bridgehead atoms. The van der Waals surface area contributed by atoms with Gasteiger partial charge in [0, 0.05) is 11.2 Å². The Morgan fingerprint density at radius 3 is 2.71 bits per heavy atom. The summed E-state index contributed by atoms with van der Waals surface area (Å²) in [5.74, 6) is 2.55. The fourth-order valence-electron chi connectivity index (χ4n) is 7.39. The van der Waals surface area contributed by atoms with Gasteiger partial charge in [-0.3, -0.25) is 4.79 Å². The van der Waals surface area contributed by atoms with E-state index in [1.165, 1.54) is 18.4 Å². The highest BCUT2D eigenvalue weighted by Gasteiger charge is 2.61. The number of Topliss-reactive ketones (excluding diaryl/α,β-unsaturated/α-hetero) is 1. The van der Waals surface area contributed by atoms with Gasteiger partial charge in [-0.05, 0) is 80.5 Å². The standard InChI is InChI=1S/C21H32O2S/c1-12(22)19-18(24)11-17-15-5-4-13-10-14(23)6-8-20(13,2)16(15)7-9-21(17,19)3/h4,14-19,23-24H,5-11H2,1-3H3/t14?,15-,16+,17+,18?,19+,20+,21+/m1/s1. The first kappa shape index (κ1) is 17.1. The summed E-state index contributed by atoms with van der Waals surface area (Å²) < 4.78 is 0. The Morgan fingerprint density at radius 1 is 1.25 bits per heavy atom. The summed E-state index contributed by atoms with van der Waals surface area (Å²) in [6.45, 7) is 6.61. The van der Waals surface area contributed by atoms with E-state index in [2.05, 4.69) is 19.9 Å². The molecule has 0 aromatic rings. The highest BCUT2D eigenvalue weighted by atomic mass is 32.1. The Morgan fingerprint density at radius 2 is 2.00 bits per heavy atom. The molecule has 24 heavy (non-hydrogen) atoms. The molecule has 134 valence electrons. The van der Waals surface area contributed by atoms with Gasteiger partial charge >= 0.3 is 0 Å². The van der Waals surface area contributed by atoms with Gasteiger partial charge in [0.25, 0.3) is 0 Å². The van der Waals surface area contributed by atoms with Crippen LogP contribution in [-0.2, 0) is 4.79 Å². The van der Waals surface area contributed by atoms with E-state index in [0.29, 0.717) is 17.6 Å². The van der Waals surface area contributed by atoms with Crippen molar-refractivity contribution in [3.8, 4) is 0 Å². The fourth-order valence-corrected chi connectivity index (χ4v) is 8.17. The van der Waals surface area contributed by atoms with E-state index in [0.717, 1.165) is 38.0 Å². The zero-order valence-corrected chi connectivity index (χ0v) is 16.2. The molecule has 0 amide bonds. The monoisotopic (exact) mass is 348 g/mol. The van der Waals surface area contributed by atoms with E-state index in [4.69, 9.17) is 12.6 Å². The number of carbonyl (C=O) groups is 1. The second-order valence-corrected chi connectivity index (χ2v) is 10.3. The van der Waals surface area contributed by atoms with Gasteiger partial charge < -0.3 is 5.11 Å². The number of aliphatic hydroxyl groups excluding tert-OH is 1. The second kappa shape index (κ2) is 5.61. The van der Waals surface area contributed by atoms with Crippen molar-refractivity contribution in [1.82, 2.24) is 0 Å². The maximum Gasteiger partial charge on any atom is 0.134 e. The van der Waals surface area contributed by atoms with Crippen LogP contribution < -0.4 is 0 Å². The van der Waals surface area contributed by atoms with Crippen molar-refractivity contribution < 1.29 is 9.90 Å². The van der Waals surface area contributed by atoms with Crippen LogP contribution in [0.1, 0.15) is 65.7 Å². The average Bonchev–Trinajstić information content (AvgIpc) is 2.78. The van der Waals surface area contributed by atoms with Crippen LogP contribution in [0.5, 0.6) is 0 Å². The maximum atomic E-state index is 12.3. The number of ketones is 1. The third-order valence-electron chi connectivity index (χ3n) is 8.54. The van der Waals surface area contributed by atoms with E-state index in [1.807, 2.05) is 0 Å². The summed E-state index contributed by atoms with van der Waals surface area (Å²) in [6, 6.07) is 0. The van der Waals surface area contributed by atoms with Crippen molar-refractivity contribution in [3.05, 3.63) is 11.6 Å². The molecule has 0 aromatic carbocycles. The molecule has 2 nitrogen and oxygen atoms in total. The number of hydrogen-bond acceptors (Lipinski definition) is 3. The highest BCUT2D eigenvalue weighted by molar-refractivity contribution is 7.81. The highest BCUT2D eigenvalue weighted by Crippen LogP contribution is 2.66. The minimum atomic E-state index is -0.134. The molecule has 1 N–H and O–H groups in total. The predicted octanol–water partition coefficient (Wildman–Crippen LogP) is 4.42. The molecule has 0 heterocycles. The molecule has 0 aromatic heterocycles. The smallest absolute Gasteiger partial charge is 0.134 e. The minimum Gasteiger partial charge on any atom is -0.393 e. The third-order valence-corrected chi connectivity index (χ3v) is 9.05. The quantitative estimate of drug-likeness (QED) is 0.543. The lowest BCUT2D eigenvalue weighted by Gasteiger charge is -2.57. The van der Waals surface area contributed by atoms with E-state index in [9.17, 15) is 9.90 Å². The SMILES string of the molecule is CC(=O)[C@H]1C(S)C[C@H]2[C@@H]3CC=C4CC(O)CC[C@]4(C)[C@H]3CC[C@]12C. The van der Waals surface area contributed by atoms with Crippen molar-refractivity contribution in [2.45, 2.75) is 77.1 Å². The summed E-state index contributed by atoms with van der Waals surface area (Å²) in [6.07, 6.45) is 9.95. The van der Waals surface area contributed by atoms with Crippen LogP contribution in [0.4, 0.5) is 0 Å². The molecule has 0 saturated heterocycles. The molecule has 3 fully saturated rings. The number of aliphatic hydroxyl groups is 1. The Kier molecular flexibility index (Phi) is 4.01. The zero-order chi connectivity index (χ0) is 17.3. The first-order valence-electron chi connectivity index (χ1n) is 9.83. The Hall–Kier alpha value is -0.280. The molecule has 4 aliphatic carbocycles. The molecular formula is C21H32O2S. The van der Waals surface area contributed by atoms with Gasteiger partial charge in [-0.15, -0.1) is 0 Å². The van der Waals surface area contributed by atoms with Gasteiger partial charge in [-0.1, -0.05) is 25.5 Å².